The normalized spacial score (nSPS) is 11.9. The van der Waals surface area contributed by atoms with Gasteiger partial charge in [-0.3, -0.25) is 9.59 Å². The summed E-state index contributed by atoms with van der Waals surface area (Å²) in [6.45, 7) is 6.38. The van der Waals surface area contributed by atoms with E-state index in [0.29, 0.717) is 12.8 Å². The SMILES string of the molecule is C=CC(CCC#N)C(C(C)=O)C(C)=O. The van der Waals surface area contributed by atoms with Crippen LogP contribution in [0.2, 0.25) is 0 Å². The second kappa shape index (κ2) is 6.09. The molecule has 3 nitrogen and oxygen atoms in total. The lowest BCUT2D eigenvalue weighted by molar-refractivity contribution is -0.131. The van der Waals surface area contributed by atoms with Gasteiger partial charge in [0.1, 0.15) is 11.6 Å². The number of nitrogens with zero attached hydrogens (tertiary/aromatic N) is 1. The first-order valence-electron chi connectivity index (χ1n) is 4.55. The number of carbonyl (C=O) groups is 2. The summed E-state index contributed by atoms with van der Waals surface area (Å²) < 4.78 is 0. The predicted molar refractivity (Wildman–Crippen MR) is 53.4 cm³/mol. The summed E-state index contributed by atoms with van der Waals surface area (Å²) in [6.07, 6.45) is 2.45. The third-order valence-corrected chi connectivity index (χ3v) is 2.20. The van der Waals surface area contributed by atoms with Crippen LogP contribution in [0.1, 0.15) is 26.7 Å². The van der Waals surface area contributed by atoms with Gasteiger partial charge in [0.2, 0.25) is 0 Å². The summed E-state index contributed by atoms with van der Waals surface area (Å²) >= 11 is 0. The van der Waals surface area contributed by atoms with Crippen molar-refractivity contribution in [2.45, 2.75) is 26.7 Å². The van der Waals surface area contributed by atoms with Gasteiger partial charge >= 0.3 is 0 Å². The van der Waals surface area contributed by atoms with Crippen LogP contribution in [-0.4, -0.2) is 11.6 Å². The summed E-state index contributed by atoms with van der Waals surface area (Å²) in [5.41, 5.74) is 0. The summed E-state index contributed by atoms with van der Waals surface area (Å²) in [4.78, 5) is 22.4. The van der Waals surface area contributed by atoms with Crippen LogP contribution in [0.4, 0.5) is 0 Å². The summed E-state index contributed by atoms with van der Waals surface area (Å²) in [7, 11) is 0. The summed E-state index contributed by atoms with van der Waals surface area (Å²) in [5.74, 6) is -1.13. The number of allylic oxidation sites excluding steroid dienone is 1. The van der Waals surface area contributed by atoms with Gasteiger partial charge < -0.3 is 0 Å². The fourth-order valence-corrected chi connectivity index (χ4v) is 1.54. The molecule has 0 aromatic carbocycles. The van der Waals surface area contributed by atoms with Crippen LogP contribution in [0.15, 0.2) is 12.7 Å². The minimum atomic E-state index is -0.624. The molecule has 1 unspecified atom stereocenters. The Labute approximate surface area is 84.4 Å². The lowest BCUT2D eigenvalue weighted by Gasteiger charge is -2.18. The van der Waals surface area contributed by atoms with Gasteiger partial charge in [-0.1, -0.05) is 6.08 Å². The van der Waals surface area contributed by atoms with Crippen molar-refractivity contribution in [2.75, 3.05) is 0 Å². The van der Waals surface area contributed by atoms with Crippen LogP contribution in [0, 0.1) is 23.2 Å². The minimum Gasteiger partial charge on any atom is -0.299 e. The Balaban J connectivity index is 4.60. The van der Waals surface area contributed by atoms with Crippen molar-refractivity contribution < 1.29 is 9.59 Å². The molecule has 0 N–H and O–H groups in total. The van der Waals surface area contributed by atoms with E-state index in [9.17, 15) is 9.59 Å². The summed E-state index contributed by atoms with van der Waals surface area (Å²) in [5, 5.41) is 8.42. The summed E-state index contributed by atoms with van der Waals surface area (Å²) in [6, 6.07) is 1.99. The van der Waals surface area contributed by atoms with Crippen LogP contribution >= 0.6 is 0 Å². The van der Waals surface area contributed by atoms with Crippen molar-refractivity contribution in [2.24, 2.45) is 11.8 Å². The van der Waals surface area contributed by atoms with Gasteiger partial charge in [-0.05, 0) is 26.2 Å². The fourth-order valence-electron chi connectivity index (χ4n) is 1.54. The topological polar surface area (TPSA) is 57.9 Å². The van der Waals surface area contributed by atoms with Gasteiger partial charge in [-0.15, -0.1) is 6.58 Å². The Morgan fingerprint density at radius 3 is 2.21 bits per heavy atom. The maximum atomic E-state index is 11.2. The quantitative estimate of drug-likeness (QED) is 0.478. The second-order valence-corrected chi connectivity index (χ2v) is 3.30. The van der Waals surface area contributed by atoms with Crippen LogP contribution in [0.25, 0.3) is 0 Å². The first-order chi connectivity index (χ1) is 6.54. The third-order valence-electron chi connectivity index (χ3n) is 2.20. The van der Waals surface area contributed by atoms with E-state index in [4.69, 9.17) is 5.26 Å². The molecule has 14 heavy (non-hydrogen) atoms. The van der Waals surface area contributed by atoms with E-state index in [1.165, 1.54) is 13.8 Å². The smallest absolute Gasteiger partial charge is 0.140 e. The molecule has 0 radical (unpaired) electrons. The van der Waals surface area contributed by atoms with E-state index in [0.717, 1.165) is 0 Å². The highest BCUT2D eigenvalue weighted by molar-refractivity contribution is 6.00. The monoisotopic (exact) mass is 193 g/mol. The molecule has 0 fully saturated rings. The van der Waals surface area contributed by atoms with Gasteiger partial charge in [-0.2, -0.15) is 5.26 Å². The molecule has 0 heterocycles. The molecule has 0 rings (SSSR count). The number of nitriles is 1. The predicted octanol–water partition coefficient (Wildman–Crippen LogP) is 1.89. The lowest BCUT2D eigenvalue weighted by atomic mass is 9.83. The van der Waals surface area contributed by atoms with Crippen LogP contribution in [0.5, 0.6) is 0 Å². The molecule has 0 amide bonds. The average Bonchev–Trinajstić information content (AvgIpc) is 2.10. The number of carbonyl (C=O) groups excluding carboxylic acids is 2. The molecule has 1 atom stereocenters. The fraction of sp³-hybridized carbons (Fsp3) is 0.545. The van der Waals surface area contributed by atoms with E-state index in [-0.39, 0.29) is 17.5 Å². The number of hydrogen-bond donors (Lipinski definition) is 0. The van der Waals surface area contributed by atoms with E-state index >= 15 is 0 Å². The van der Waals surface area contributed by atoms with Gasteiger partial charge in [0.05, 0.1) is 12.0 Å². The highest BCUT2D eigenvalue weighted by atomic mass is 16.1. The van der Waals surface area contributed by atoms with Crippen LogP contribution in [0.3, 0.4) is 0 Å². The molecule has 76 valence electrons. The number of rotatable bonds is 6. The molecular formula is C11H15NO2. The van der Waals surface area contributed by atoms with Crippen molar-refractivity contribution in [3.8, 4) is 6.07 Å². The molecule has 0 aliphatic heterocycles. The maximum Gasteiger partial charge on any atom is 0.140 e. The van der Waals surface area contributed by atoms with Crippen LogP contribution < -0.4 is 0 Å². The molecule has 0 aromatic rings. The minimum absolute atomic E-state index is 0.152. The van der Waals surface area contributed by atoms with E-state index < -0.39 is 5.92 Å². The zero-order valence-electron chi connectivity index (χ0n) is 8.62. The zero-order chi connectivity index (χ0) is 11.1. The second-order valence-electron chi connectivity index (χ2n) is 3.30. The Hall–Kier alpha value is -1.43. The highest BCUT2D eigenvalue weighted by Gasteiger charge is 2.26. The van der Waals surface area contributed by atoms with E-state index in [1.54, 1.807) is 6.08 Å². The number of hydrogen-bond acceptors (Lipinski definition) is 3. The molecule has 0 aromatic heterocycles. The molecule has 0 bridgehead atoms. The first-order valence-corrected chi connectivity index (χ1v) is 4.55. The first kappa shape index (κ1) is 12.6. The standard InChI is InChI=1S/C11H15NO2/c1-4-10(6-5-7-12)11(8(2)13)9(3)14/h4,10-11H,1,5-6H2,2-3H3. The number of ketones is 2. The molecule has 0 aliphatic rings. The molecule has 0 saturated heterocycles. The van der Waals surface area contributed by atoms with Crippen molar-refractivity contribution in [3.63, 3.8) is 0 Å². The van der Waals surface area contributed by atoms with Crippen molar-refractivity contribution in [1.29, 1.82) is 5.26 Å². The average molecular weight is 193 g/mol. The Morgan fingerprint density at radius 1 is 1.43 bits per heavy atom. The largest absolute Gasteiger partial charge is 0.299 e. The van der Waals surface area contributed by atoms with Crippen molar-refractivity contribution in [3.05, 3.63) is 12.7 Å². The maximum absolute atomic E-state index is 11.2. The lowest BCUT2D eigenvalue weighted by Crippen LogP contribution is -2.27. The Bertz CT molecular complexity index is 262. The zero-order valence-corrected chi connectivity index (χ0v) is 8.62. The van der Waals surface area contributed by atoms with Gasteiger partial charge in [0.25, 0.3) is 0 Å². The van der Waals surface area contributed by atoms with Gasteiger partial charge in [0, 0.05) is 6.42 Å². The molecular weight excluding hydrogens is 178 g/mol. The number of Topliss-reactive ketones (excluding diaryl/α,β-unsaturated/α-hetero) is 2. The van der Waals surface area contributed by atoms with Crippen molar-refractivity contribution in [1.82, 2.24) is 0 Å². The van der Waals surface area contributed by atoms with Gasteiger partial charge in [0.15, 0.2) is 0 Å². The van der Waals surface area contributed by atoms with Crippen molar-refractivity contribution >= 4 is 11.6 Å². The molecule has 0 saturated carbocycles. The molecule has 0 spiro atoms. The van der Waals surface area contributed by atoms with Crippen LogP contribution in [-0.2, 0) is 9.59 Å². The molecule has 0 aliphatic carbocycles. The Morgan fingerprint density at radius 2 is 1.93 bits per heavy atom. The Kier molecular flexibility index (Phi) is 5.47. The van der Waals surface area contributed by atoms with E-state index in [1.807, 2.05) is 6.07 Å². The third kappa shape index (κ3) is 3.53. The highest BCUT2D eigenvalue weighted by Crippen LogP contribution is 2.20. The van der Waals surface area contributed by atoms with E-state index in [2.05, 4.69) is 6.58 Å². The molecule has 3 heteroatoms. The van der Waals surface area contributed by atoms with Gasteiger partial charge in [-0.25, -0.2) is 0 Å².